The lowest BCUT2D eigenvalue weighted by Crippen LogP contribution is -2.48. The molecule has 1 saturated carbocycles. The van der Waals surface area contributed by atoms with E-state index >= 15 is 4.39 Å². The Labute approximate surface area is 163 Å². The summed E-state index contributed by atoms with van der Waals surface area (Å²) in [6.45, 7) is 1.41. The number of carbonyl (C=O) groups excluding carboxylic acids is 1. The van der Waals surface area contributed by atoms with Crippen LogP contribution < -0.4 is 0 Å². The van der Waals surface area contributed by atoms with Crippen LogP contribution in [0.2, 0.25) is 0 Å². The average molecular weight is 383 g/mol. The second-order valence-electron chi connectivity index (χ2n) is 8.47. The van der Waals surface area contributed by atoms with E-state index in [-0.39, 0.29) is 35.1 Å². The summed E-state index contributed by atoms with van der Waals surface area (Å²) < 4.78 is 34.2. The third-order valence-corrected chi connectivity index (χ3v) is 6.50. The van der Waals surface area contributed by atoms with Gasteiger partial charge in [0.2, 0.25) is 0 Å². The third-order valence-electron chi connectivity index (χ3n) is 6.50. The summed E-state index contributed by atoms with van der Waals surface area (Å²) in [6, 6.07) is 11.3. The van der Waals surface area contributed by atoms with E-state index in [4.69, 9.17) is 4.74 Å². The van der Waals surface area contributed by atoms with Gasteiger partial charge < -0.3 is 9.64 Å². The lowest BCUT2D eigenvalue weighted by Gasteiger charge is -2.33. The van der Waals surface area contributed by atoms with Crippen molar-refractivity contribution in [1.82, 2.24) is 4.90 Å². The van der Waals surface area contributed by atoms with Crippen LogP contribution in [-0.2, 0) is 16.0 Å². The molecule has 1 aliphatic carbocycles. The van der Waals surface area contributed by atoms with Crippen LogP contribution in [0.15, 0.2) is 42.5 Å². The van der Waals surface area contributed by atoms with Gasteiger partial charge >= 0.3 is 0 Å². The Morgan fingerprint density at radius 3 is 2.64 bits per heavy atom. The highest BCUT2D eigenvalue weighted by molar-refractivity contribution is 5.82. The maximum atomic E-state index is 15.3. The first-order valence-corrected chi connectivity index (χ1v) is 10.0. The summed E-state index contributed by atoms with van der Waals surface area (Å²) in [7, 11) is 0. The first-order valence-electron chi connectivity index (χ1n) is 10.0. The molecule has 2 atom stereocenters. The minimum Gasteiger partial charge on any atom is -0.368 e. The molecule has 2 aromatic carbocycles. The zero-order chi connectivity index (χ0) is 19.3. The molecule has 5 heteroatoms. The molecule has 0 radical (unpaired) electrons. The van der Waals surface area contributed by atoms with Crippen molar-refractivity contribution >= 4 is 5.91 Å². The number of halogens is 2. The molecule has 146 valence electrons. The molecular formula is C23H23F2NO2. The Bertz CT molecular complexity index is 921. The van der Waals surface area contributed by atoms with Gasteiger partial charge in [0.05, 0.1) is 6.61 Å². The highest BCUT2D eigenvalue weighted by atomic mass is 19.1. The molecule has 2 saturated heterocycles. The standard InChI is InChI=1S/C23H23F2NO2/c24-17-5-1-3-15(11-17)19-6-2-4-16(21(19)25)12-18-13-23(8-9-23)14-26(18)22(27)20-7-10-28-20/h1-6,11,18,20H,7-10,12-14H2/t18-,20+/m0/s1. The van der Waals surface area contributed by atoms with Gasteiger partial charge in [-0.2, -0.15) is 0 Å². The first-order chi connectivity index (χ1) is 13.5. The fraction of sp³-hybridized carbons (Fsp3) is 0.435. The number of carbonyl (C=O) groups is 1. The minimum atomic E-state index is -0.383. The number of hydrogen-bond acceptors (Lipinski definition) is 2. The Morgan fingerprint density at radius 1 is 1.18 bits per heavy atom. The van der Waals surface area contributed by atoms with Crippen LogP contribution in [0.3, 0.4) is 0 Å². The van der Waals surface area contributed by atoms with E-state index < -0.39 is 0 Å². The first kappa shape index (κ1) is 17.8. The lowest BCUT2D eigenvalue weighted by atomic mass is 9.95. The van der Waals surface area contributed by atoms with E-state index in [2.05, 4.69) is 0 Å². The van der Waals surface area contributed by atoms with Crippen LogP contribution in [0.5, 0.6) is 0 Å². The van der Waals surface area contributed by atoms with Gasteiger partial charge in [-0.15, -0.1) is 0 Å². The molecule has 28 heavy (non-hydrogen) atoms. The minimum absolute atomic E-state index is 0.00328. The Balaban J connectivity index is 1.42. The van der Waals surface area contributed by atoms with Crippen LogP contribution in [0.25, 0.3) is 11.1 Å². The normalized spacial score (nSPS) is 25.0. The van der Waals surface area contributed by atoms with Gasteiger partial charge in [0.15, 0.2) is 0 Å². The molecule has 2 heterocycles. The van der Waals surface area contributed by atoms with Crippen molar-refractivity contribution in [3.8, 4) is 11.1 Å². The van der Waals surface area contributed by atoms with Crippen LogP contribution >= 0.6 is 0 Å². The third kappa shape index (κ3) is 3.12. The molecule has 3 aliphatic rings. The SMILES string of the molecule is O=C([C@H]1CCO1)N1CC2(CC2)C[C@@H]1Cc1cccc(-c2cccc(F)c2)c1F. The summed E-state index contributed by atoms with van der Waals surface area (Å²) in [6.07, 6.45) is 4.15. The summed E-state index contributed by atoms with van der Waals surface area (Å²) in [4.78, 5) is 14.8. The fourth-order valence-corrected chi connectivity index (χ4v) is 4.63. The van der Waals surface area contributed by atoms with Crippen molar-refractivity contribution in [2.45, 2.75) is 44.2 Å². The smallest absolute Gasteiger partial charge is 0.252 e. The number of nitrogens with zero attached hydrogens (tertiary/aromatic N) is 1. The molecule has 1 spiro atoms. The largest absolute Gasteiger partial charge is 0.368 e. The molecule has 0 bridgehead atoms. The number of likely N-dealkylation sites (tertiary alicyclic amines) is 1. The fourth-order valence-electron chi connectivity index (χ4n) is 4.63. The zero-order valence-electron chi connectivity index (χ0n) is 15.7. The van der Waals surface area contributed by atoms with Gasteiger partial charge in [0.25, 0.3) is 5.91 Å². The number of amides is 1. The predicted molar refractivity (Wildman–Crippen MR) is 102 cm³/mol. The number of rotatable bonds is 4. The van der Waals surface area contributed by atoms with Crippen LogP contribution in [0.1, 0.15) is 31.2 Å². The van der Waals surface area contributed by atoms with E-state index in [9.17, 15) is 9.18 Å². The molecule has 3 nitrogen and oxygen atoms in total. The molecule has 2 aliphatic heterocycles. The van der Waals surface area contributed by atoms with Gasteiger partial charge in [0.1, 0.15) is 17.7 Å². The van der Waals surface area contributed by atoms with Gasteiger partial charge in [-0.05, 0) is 54.4 Å². The lowest BCUT2D eigenvalue weighted by molar-refractivity contribution is -0.157. The quantitative estimate of drug-likeness (QED) is 0.786. The van der Waals surface area contributed by atoms with Crippen molar-refractivity contribution in [3.05, 3.63) is 59.7 Å². The summed E-state index contributed by atoms with van der Waals surface area (Å²) in [5.74, 6) is -0.648. The molecule has 2 aromatic rings. The van der Waals surface area contributed by atoms with Crippen molar-refractivity contribution in [1.29, 1.82) is 0 Å². The van der Waals surface area contributed by atoms with Crippen molar-refractivity contribution < 1.29 is 18.3 Å². The molecular weight excluding hydrogens is 360 g/mol. The highest BCUT2D eigenvalue weighted by Gasteiger charge is 2.54. The van der Waals surface area contributed by atoms with Gasteiger partial charge in [-0.1, -0.05) is 30.3 Å². The second-order valence-corrected chi connectivity index (χ2v) is 8.47. The van der Waals surface area contributed by atoms with Crippen LogP contribution in [-0.4, -0.2) is 36.1 Å². The Morgan fingerprint density at radius 2 is 1.96 bits per heavy atom. The molecule has 1 amide bonds. The second kappa shape index (κ2) is 6.66. The van der Waals surface area contributed by atoms with Crippen molar-refractivity contribution in [2.75, 3.05) is 13.2 Å². The van der Waals surface area contributed by atoms with E-state index in [1.807, 2.05) is 11.0 Å². The molecule has 0 unspecified atom stereocenters. The van der Waals surface area contributed by atoms with Crippen molar-refractivity contribution in [2.24, 2.45) is 5.41 Å². The van der Waals surface area contributed by atoms with Gasteiger partial charge in [-0.25, -0.2) is 8.78 Å². The summed E-state index contributed by atoms with van der Waals surface area (Å²) in [5, 5.41) is 0. The average Bonchev–Trinajstić information content (AvgIpc) is 3.28. The predicted octanol–water partition coefficient (Wildman–Crippen LogP) is 4.34. The summed E-state index contributed by atoms with van der Waals surface area (Å²) in [5.41, 5.74) is 1.74. The molecule has 0 aromatic heterocycles. The number of hydrogen-bond donors (Lipinski definition) is 0. The molecule has 3 fully saturated rings. The van der Waals surface area contributed by atoms with E-state index in [0.29, 0.717) is 29.7 Å². The molecule has 0 N–H and O–H groups in total. The maximum Gasteiger partial charge on any atom is 0.252 e. The maximum absolute atomic E-state index is 15.3. The van der Waals surface area contributed by atoms with Crippen LogP contribution in [0.4, 0.5) is 8.78 Å². The van der Waals surface area contributed by atoms with E-state index in [1.165, 1.54) is 12.1 Å². The summed E-state index contributed by atoms with van der Waals surface area (Å²) >= 11 is 0. The van der Waals surface area contributed by atoms with Crippen LogP contribution in [0, 0.1) is 17.0 Å². The monoisotopic (exact) mass is 383 g/mol. The number of benzene rings is 2. The Hall–Kier alpha value is -2.27. The van der Waals surface area contributed by atoms with Gasteiger partial charge in [-0.3, -0.25) is 4.79 Å². The Kier molecular flexibility index (Phi) is 4.23. The zero-order valence-corrected chi connectivity index (χ0v) is 15.7. The number of ether oxygens (including phenoxy) is 1. The topological polar surface area (TPSA) is 29.5 Å². The highest BCUT2D eigenvalue weighted by Crippen LogP contribution is 2.55. The van der Waals surface area contributed by atoms with E-state index in [0.717, 1.165) is 32.2 Å². The van der Waals surface area contributed by atoms with E-state index in [1.54, 1.807) is 24.3 Å². The molecule has 5 rings (SSSR count). The van der Waals surface area contributed by atoms with Gasteiger partial charge in [0, 0.05) is 24.6 Å². The van der Waals surface area contributed by atoms with Crippen molar-refractivity contribution in [3.63, 3.8) is 0 Å².